The summed E-state index contributed by atoms with van der Waals surface area (Å²) < 4.78 is 5.90. The van der Waals surface area contributed by atoms with E-state index in [1.165, 1.54) is 0 Å². The number of piperidine rings is 1. The molecule has 0 aromatic carbocycles. The van der Waals surface area contributed by atoms with Gasteiger partial charge in [0.05, 0.1) is 11.5 Å². The van der Waals surface area contributed by atoms with Gasteiger partial charge in [-0.2, -0.15) is 0 Å². The summed E-state index contributed by atoms with van der Waals surface area (Å²) in [4.78, 5) is 20.0. The van der Waals surface area contributed by atoms with E-state index >= 15 is 0 Å². The van der Waals surface area contributed by atoms with Crippen molar-refractivity contribution in [2.45, 2.75) is 38.1 Å². The molecule has 1 amide bonds. The van der Waals surface area contributed by atoms with Gasteiger partial charge >= 0.3 is 0 Å². The third-order valence-corrected chi connectivity index (χ3v) is 5.34. The van der Waals surface area contributed by atoms with Crippen LogP contribution in [0, 0.1) is 0 Å². The summed E-state index contributed by atoms with van der Waals surface area (Å²) in [7, 11) is 0. The van der Waals surface area contributed by atoms with E-state index in [1.54, 1.807) is 19.3 Å². The van der Waals surface area contributed by atoms with Crippen LogP contribution in [0.3, 0.4) is 0 Å². The molecule has 2 aliphatic rings. The predicted octanol–water partition coefficient (Wildman–Crippen LogP) is 1.93. The van der Waals surface area contributed by atoms with Gasteiger partial charge in [0.2, 0.25) is 17.7 Å². The molecule has 0 N–H and O–H groups in total. The van der Waals surface area contributed by atoms with Crippen molar-refractivity contribution in [3.05, 3.63) is 30.4 Å². The van der Waals surface area contributed by atoms with Gasteiger partial charge in [0, 0.05) is 45.0 Å². The van der Waals surface area contributed by atoms with Gasteiger partial charge in [0.15, 0.2) is 0 Å². The highest BCUT2D eigenvalue weighted by molar-refractivity contribution is 5.73. The molecular formula is C18H23N5O2. The van der Waals surface area contributed by atoms with E-state index in [-0.39, 0.29) is 5.91 Å². The molecule has 4 rings (SSSR count). The van der Waals surface area contributed by atoms with Gasteiger partial charge in [0.1, 0.15) is 0 Å². The van der Waals surface area contributed by atoms with E-state index in [0.717, 1.165) is 56.9 Å². The van der Waals surface area contributed by atoms with Crippen LogP contribution in [-0.4, -0.2) is 63.1 Å². The van der Waals surface area contributed by atoms with Crippen molar-refractivity contribution in [2.75, 3.05) is 26.2 Å². The number of carbonyl (C=O) groups excluding carboxylic acids is 1. The molecule has 2 aromatic heterocycles. The van der Waals surface area contributed by atoms with Crippen LogP contribution >= 0.6 is 0 Å². The van der Waals surface area contributed by atoms with Crippen molar-refractivity contribution < 1.29 is 9.21 Å². The van der Waals surface area contributed by atoms with Gasteiger partial charge in [-0.25, -0.2) is 0 Å². The number of rotatable bonds is 3. The van der Waals surface area contributed by atoms with Crippen LogP contribution in [0.4, 0.5) is 0 Å². The van der Waals surface area contributed by atoms with Crippen LogP contribution in [0.15, 0.2) is 28.9 Å². The normalized spacial score (nSPS) is 22.4. The number of pyridine rings is 1. The third kappa shape index (κ3) is 3.42. The van der Waals surface area contributed by atoms with Crippen molar-refractivity contribution in [3.63, 3.8) is 0 Å². The molecular weight excluding hydrogens is 318 g/mol. The summed E-state index contributed by atoms with van der Waals surface area (Å²) in [6.07, 6.45) is 6.61. The Kier molecular flexibility index (Phi) is 4.48. The standard InChI is InChI=1S/C18H23N5O2/c1-13(24)22-9-5-16(6-10-22)23-8-4-15(12-23)18-21-20-17(25-18)14-3-2-7-19-11-14/h2-3,7,11,15-16H,4-6,8-10,12H2,1H3. The zero-order valence-electron chi connectivity index (χ0n) is 14.5. The first-order chi connectivity index (χ1) is 12.2. The molecule has 0 bridgehead atoms. The maximum atomic E-state index is 11.5. The minimum atomic E-state index is 0.187. The lowest BCUT2D eigenvalue weighted by Gasteiger charge is -2.36. The Hall–Kier alpha value is -2.28. The lowest BCUT2D eigenvalue weighted by atomic mass is 10.0. The second-order valence-electron chi connectivity index (χ2n) is 6.90. The molecule has 132 valence electrons. The number of hydrogen-bond acceptors (Lipinski definition) is 6. The SMILES string of the molecule is CC(=O)N1CCC(N2CCC(c3nnc(-c4cccnc4)o3)C2)CC1. The lowest BCUT2D eigenvalue weighted by molar-refractivity contribution is -0.130. The van der Waals surface area contributed by atoms with Gasteiger partial charge in [-0.05, 0) is 37.9 Å². The van der Waals surface area contributed by atoms with Crippen molar-refractivity contribution in [2.24, 2.45) is 0 Å². The summed E-state index contributed by atoms with van der Waals surface area (Å²) >= 11 is 0. The average molecular weight is 341 g/mol. The molecule has 2 aliphatic heterocycles. The van der Waals surface area contributed by atoms with E-state index in [0.29, 0.717) is 17.9 Å². The van der Waals surface area contributed by atoms with Crippen LogP contribution in [0.5, 0.6) is 0 Å². The minimum absolute atomic E-state index is 0.187. The van der Waals surface area contributed by atoms with Crippen LogP contribution in [0.25, 0.3) is 11.5 Å². The van der Waals surface area contributed by atoms with Gasteiger partial charge in [-0.3, -0.25) is 14.7 Å². The first-order valence-electron chi connectivity index (χ1n) is 8.94. The Balaban J connectivity index is 1.37. The average Bonchev–Trinajstić information content (AvgIpc) is 3.32. The van der Waals surface area contributed by atoms with Gasteiger partial charge in [-0.15, -0.1) is 10.2 Å². The highest BCUT2D eigenvalue weighted by atomic mass is 16.4. The maximum absolute atomic E-state index is 11.5. The number of aromatic nitrogens is 3. The molecule has 0 spiro atoms. The number of amides is 1. The van der Waals surface area contributed by atoms with E-state index in [4.69, 9.17) is 4.42 Å². The number of carbonyl (C=O) groups is 1. The quantitative estimate of drug-likeness (QED) is 0.849. The number of nitrogens with zero attached hydrogens (tertiary/aromatic N) is 5. The van der Waals surface area contributed by atoms with E-state index in [1.807, 2.05) is 17.0 Å². The molecule has 0 radical (unpaired) electrons. The molecule has 4 heterocycles. The fourth-order valence-corrected chi connectivity index (χ4v) is 3.87. The summed E-state index contributed by atoms with van der Waals surface area (Å²) in [6.45, 7) is 5.40. The van der Waals surface area contributed by atoms with Crippen molar-refractivity contribution >= 4 is 5.91 Å². The second kappa shape index (κ2) is 6.92. The first kappa shape index (κ1) is 16.2. The van der Waals surface area contributed by atoms with Gasteiger partial charge in [-0.1, -0.05) is 0 Å². The molecule has 7 heteroatoms. The monoisotopic (exact) mass is 341 g/mol. The molecule has 2 fully saturated rings. The van der Waals surface area contributed by atoms with Crippen molar-refractivity contribution in [3.8, 4) is 11.5 Å². The van der Waals surface area contributed by atoms with Gasteiger partial charge in [0.25, 0.3) is 0 Å². The number of likely N-dealkylation sites (tertiary alicyclic amines) is 2. The van der Waals surface area contributed by atoms with E-state index in [9.17, 15) is 4.79 Å². The van der Waals surface area contributed by atoms with Crippen LogP contribution in [-0.2, 0) is 4.79 Å². The molecule has 1 unspecified atom stereocenters. The molecule has 0 saturated carbocycles. The Morgan fingerprint density at radius 1 is 1.20 bits per heavy atom. The zero-order chi connectivity index (χ0) is 17.2. The van der Waals surface area contributed by atoms with E-state index in [2.05, 4.69) is 20.1 Å². The molecule has 1 atom stereocenters. The Bertz CT molecular complexity index is 724. The Labute approximate surface area is 147 Å². The van der Waals surface area contributed by atoms with Gasteiger partial charge < -0.3 is 9.32 Å². The largest absolute Gasteiger partial charge is 0.420 e. The predicted molar refractivity (Wildman–Crippen MR) is 91.7 cm³/mol. The summed E-state index contributed by atoms with van der Waals surface area (Å²) in [5.74, 6) is 1.74. The van der Waals surface area contributed by atoms with E-state index < -0.39 is 0 Å². The smallest absolute Gasteiger partial charge is 0.249 e. The molecule has 2 aromatic rings. The summed E-state index contributed by atoms with van der Waals surface area (Å²) in [5, 5.41) is 8.44. The van der Waals surface area contributed by atoms with Crippen molar-refractivity contribution in [1.29, 1.82) is 0 Å². The fraction of sp³-hybridized carbons (Fsp3) is 0.556. The Morgan fingerprint density at radius 2 is 2.04 bits per heavy atom. The minimum Gasteiger partial charge on any atom is -0.420 e. The maximum Gasteiger partial charge on any atom is 0.249 e. The highest BCUT2D eigenvalue weighted by Gasteiger charge is 2.34. The molecule has 0 aliphatic carbocycles. The molecule has 7 nitrogen and oxygen atoms in total. The summed E-state index contributed by atoms with van der Waals surface area (Å²) in [6, 6.07) is 4.35. The Morgan fingerprint density at radius 3 is 2.76 bits per heavy atom. The van der Waals surface area contributed by atoms with Crippen LogP contribution in [0.2, 0.25) is 0 Å². The summed E-state index contributed by atoms with van der Waals surface area (Å²) in [5.41, 5.74) is 0.854. The zero-order valence-corrected chi connectivity index (χ0v) is 14.5. The van der Waals surface area contributed by atoms with Crippen LogP contribution in [0.1, 0.15) is 38.0 Å². The van der Waals surface area contributed by atoms with Crippen molar-refractivity contribution in [1.82, 2.24) is 25.0 Å². The van der Waals surface area contributed by atoms with Crippen LogP contribution < -0.4 is 0 Å². The lowest BCUT2D eigenvalue weighted by Crippen LogP contribution is -2.45. The topological polar surface area (TPSA) is 75.4 Å². The second-order valence-corrected chi connectivity index (χ2v) is 6.90. The molecule has 25 heavy (non-hydrogen) atoms. The third-order valence-electron chi connectivity index (χ3n) is 5.34. The fourth-order valence-electron chi connectivity index (χ4n) is 3.87. The number of hydrogen-bond donors (Lipinski definition) is 0. The molecule has 2 saturated heterocycles. The highest BCUT2D eigenvalue weighted by Crippen LogP contribution is 2.31. The first-order valence-corrected chi connectivity index (χ1v) is 8.94.